The zero-order valence-corrected chi connectivity index (χ0v) is 11.9. The van der Waals surface area contributed by atoms with Gasteiger partial charge in [0.2, 0.25) is 5.91 Å². The van der Waals surface area contributed by atoms with E-state index in [0.29, 0.717) is 32.5 Å². The zero-order chi connectivity index (χ0) is 14.8. The van der Waals surface area contributed by atoms with Crippen LogP contribution in [0.4, 0.5) is 0 Å². The highest BCUT2D eigenvalue weighted by molar-refractivity contribution is 5.85. The Kier molecular flexibility index (Phi) is 3.92. The van der Waals surface area contributed by atoms with Gasteiger partial charge in [0.15, 0.2) is 0 Å². The number of aliphatic carboxylic acids is 1. The predicted octanol–water partition coefficient (Wildman–Crippen LogP) is 1.20. The number of likely N-dealkylation sites (tertiary alicyclic amines) is 1. The van der Waals surface area contributed by atoms with Gasteiger partial charge in [-0.25, -0.2) is 0 Å². The van der Waals surface area contributed by atoms with E-state index in [-0.39, 0.29) is 17.7 Å². The van der Waals surface area contributed by atoms with E-state index in [1.165, 1.54) is 5.56 Å². The van der Waals surface area contributed by atoms with Crippen LogP contribution < -0.4 is 5.32 Å². The van der Waals surface area contributed by atoms with E-state index in [9.17, 15) is 9.59 Å². The Morgan fingerprint density at radius 3 is 2.62 bits per heavy atom. The molecule has 112 valence electrons. The minimum atomic E-state index is -0.744. The highest BCUT2D eigenvalue weighted by atomic mass is 16.4. The molecule has 3 rings (SSSR count). The Hall–Kier alpha value is -1.88. The van der Waals surface area contributed by atoms with Gasteiger partial charge in [0.05, 0.1) is 11.8 Å². The second kappa shape index (κ2) is 5.85. The monoisotopic (exact) mass is 288 g/mol. The maximum absolute atomic E-state index is 12.7. The van der Waals surface area contributed by atoms with E-state index in [0.717, 1.165) is 12.1 Å². The molecule has 1 aromatic rings. The van der Waals surface area contributed by atoms with Gasteiger partial charge < -0.3 is 15.3 Å². The molecule has 0 bridgehead atoms. The second-order valence-corrected chi connectivity index (χ2v) is 5.82. The Bertz CT molecular complexity index is 550. The Balaban J connectivity index is 1.71. The fourth-order valence-corrected chi connectivity index (χ4v) is 3.28. The van der Waals surface area contributed by atoms with Gasteiger partial charge in [0.25, 0.3) is 0 Å². The van der Waals surface area contributed by atoms with Gasteiger partial charge >= 0.3 is 5.97 Å². The second-order valence-electron chi connectivity index (χ2n) is 5.82. The molecule has 0 saturated carbocycles. The molecule has 21 heavy (non-hydrogen) atoms. The van der Waals surface area contributed by atoms with Crippen molar-refractivity contribution in [2.24, 2.45) is 5.92 Å². The Morgan fingerprint density at radius 1 is 1.19 bits per heavy atom. The van der Waals surface area contributed by atoms with Crippen LogP contribution in [0, 0.1) is 5.92 Å². The summed E-state index contributed by atoms with van der Waals surface area (Å²) in [5.41, 5.74) is 2.30. The number of carbonyl (C=O) groups excluding carboxylic acids is 1. The van der Waals surface area contributed by atoms with Gasteiger partial charge in [0, 0.05) is 26.2 Å². The van der Waals surface area contributed by atoms with E-state index in [2.05, 4.69) is 11.4 Å². The van der Waals surface area contributed by atoms with Gasteiger partial charge in [-0.1, -0.05) is 24.3 Å². The van der Waals surface area contributed by atoms with Crippen molar-refractivity contribution >= 4 is 11.9 Å². The highest BCUT2D eigenvalue weighted by Crippen LogP contribution is 2.27. The number of fused-ring (bicyclic) bond motifs is 1. The average Bonchev–Trinajstić information content (AvgIpc) is 2.53. The quantitative estimate of drug-likeness (QED) is 0.858. The molecule has 2 aliphatic rings. The van der Waals surface area contributed by atoms with Crippen molar-refractivity contribution in [3.8, 4) is 0 Å². The first-order valence-corrected chi connectivity index (χ1v) is 7.47. The normalized spacial score (nSPS) is 22.7. The molecule has 0 aromatic heterocycles. The molecular weight excluding hydrogens is 268 g/mol. The van der Waals surface area contributed by atoms with Crippen LogP contribution in [0.3, 0.4) is 0 Å². The summed E-state index contributed by atoms with van der Waals surface area (Å²) in [5.74, 6) is -1.06. The minimum Gasteiger partial charge on any atom is -0.481 e. The van der Waals surface area contributed by atoms with Gasteiger partial charge in [-0.05, 0) is 24.0 Å². The first-order valence-electron chi connectivity index (χ1n) is 7.47. The van der Waals surface area contributed by atoms with Crippen molar-refractivity contribution in [2.75, 3.05) is 19.6 Å². The number of rotatable bonds is 2. The molecule has 0 radical (unpaired) electrons. The zero-order valence-electron chi connectivity index (χ0n) is 11.9. The fraction of sp³-hybridized carbons (Fsp3) is 0.500. The molecular formula is C16H20N2O3. The molecule has 2 N–H and O–H groups in total. The number of piperidine rings is 1. The largest absolute Gasteiger partial charge is 0.481 e. The molecule has 2 aliphatic heterocycles. The highest BCUT2D eigenvalue weighted by Gasteiger charge is 2.33. The van der Waals surface area contributed by atoms with Crippen LogP contribution >= 0.6 is 0 Å². The number of nitrogens with one attached hydrogen (secondary N) is 1. The summed E-state index contributed by atoms with van der Waals surface area (Å²) in [6.07, 6.45) is 1.12. The summed E-state index contributed by atoms with van der Waals surface area (Å²) in [4.78, 5) is 25.5. The summed E-state index contributed by atoms with van der Waals surface area (Å²) in [7, 11) is 0. The van der Waals surface area contributed by atoms with Crippen LogP contribution in [0.2, 0.25) is 0 Å². The number of benzene rings is 1. The average molecular weight is 288 g/mol. The van der Waals surface area contributed by atoms with Crippen molar-refractivity contribution in [3.05, 3.63) is 35.4 Å². The van der Waals surface area contributed by atoms with Gasteiger partial charge in [-0.15, -0.1) is 0 Å². The van der Waals surface area contributed by atoms with Crippen LogP contribution in [0.1, 0.15) is 29.9 Å². The number of carboxylic acid groups (broad SMARTS) is 1. The van der Waals surface area contributed by atoms with Crippen LogP contribution in [0.5, 0.6) is 0 Å². The molecule has 5 heteroatoms. The third kappa shape index (κ3) is 2.78. The van der Waals surface area contributed by atoms with Crippen molar-refractivity contribution in [2.45, 2.75) is 25.3 Å². The van der Waals surface area contributed by atoms with Crippen LogP contribution in [-0.2, 0) is 16.1 Å². The standard InChI is InChI=1S/C16H20N2O3/c19-15(18-7-5-11(6-8-18)16(20)21)14-10-17-9-12-3-1-2-4-13(12)14/h1-4,11,14,17H,5-10H2,(H,20,21). The van der Waals surface area contributed by atoms with Crippen LogP contribution in [-0.4, -0.2) is 41.5 Å². The van der Waals surface area contributed by atoms with Crippen molar-refractivity contribution in [1.82, 2.24) is 10.2 Å². The number of amides is 1. The number of nitrogens with zero attached hydrogens (tertiary/aromatic N) is 1. The van der Waals surface area contributed by atoms with Crippen LogP contribution in [0.25, 0.3) is 0 Å². The molecule has 1 amide bonds. The smallest absolute Gasteiger partial charge is 0.306 e. The summed E-state index contributed by atoms with van der Waals surface area (Å²) in [5, 5.41) is 12.3. The molecule has 0 spiro atoms. The lowest BCUT2D eigenvalue weighted by Crippen LogP contribution is -2.45. The molecule has 1 saturated heterocycles. The molecule has 1 atom stereocenters. The summed E-state index contributed by atoms with van der Waals surface area (Å²) < 4.78 is 0. The van der Waals surface area contributed by atoms with E-state index in [1.807, 2.05) is 23.1 Å². The molecule has 0 aliphatic carbocycles. The maximum Gasteiger partial charge on any atom is 0.306 e. The molecule has 1 aromatic carbocycles. The minimum absolute atomic E-state index is 0.124. The van der Waals surface area contributed by atoms with Crippen molar-refractivity contribution < 1.29 is 14.7 Å². The third-order valence-electron chi connectivity index (χ3n) is 4.55. The Labute approximate surface area is 123 Å². The SMILES string of the molecule is O=C(O)C1CCN(C(=O)C2CNCc3ccccc32)CC1. The van der Waals surface area contributed by atoms with E-state index in [1.54, 1.807) is 0 Å². The molecule has 1 unspecified atom stereocenters. The third-order valence-corrected chi connectivity index (χ3v) is 4.55. The van der Waals surface area contributed by atoms with E-state index >= 15 is 0 Å². The number of hydrogen-bond donors (Lipinski definition) is 2. The van der Waals surface area contributed by atoms with Crippen LogP contribution in [0.15, 0.2) is 24.3 Å². The fourth-order valence-electron chi connectivity index (χ4n) is 3.28. The summed E-state index contributed by atoms with van der Waals surface area (Å²) >= 11 is 0. The van der Waals surface area contributed by atoms with Gasteiger partial charge in [-0.2, -0.15) is 0 Å². The van der Waals surface area contributed by atoms with Gasteiger partial charge in [-0.3, -0.25) is 9.59 Å². The van der Waals surface area contributed by atoms with Gasteiger partial charge in [0.1, 0.15) is 0 Å². The topological polar surface area (TPSA) is 69.6 Å². The molecule has 2 heterocycles. The van der Waals surface area contributed by atoms with Crippen molar-refractivity contribution in [1.29, 1.82) is 0 Å². The number of carboxylic acids is 1. The van der Waals surface area contributed by atoms with E-state index in [4.69, 9.17) is 5.11 Å². The molecule has 5 nitrogen and oxygen atoms in total. The number of carbonyl (C=O) groups is 2. The first kappa shape index (κ1) is 14.1. The summed E-state index contributed by atoms with van der Waals surface area (Å²) in [6.45, 7) is 2.57. The van der Waals surface area contributed by atoms with E-state index < -0.39 is 5.97 Å². The number of hydrogen-bond acceptors (Lipinski definition) is 3. The maximum atomic E-state index is 12.7. The first-order chi connectivity index (χ1) is 10.2. The Morgan fingerprint density at radius 2 is 1.90 bits per heavy atom. The van der Waals surface area contributed by atoms with Crippen molar-refractivity contribution in [3.63, 3.8) is 0 Å². The summed E-state index contributed by atoms with van der Waals surface area (Å²) in [6, 6.07) is 8.05. The lowest BCUT2D eigenvalue weighted by molar-refractivity contribution is -0.146. The predicted molar refractivity (Wildman–Crippen MR) is 77.8 cm³/mol. The lowest BCUT2D eigenvalue weighted by Gasteiger charge is -2.35. The lowest BCUT2D eigenvalue weighted by atomic mass is 9.88. The molecule has 1 fully saturated rings.